The van der Waals surface area contributed by atoms with Crippen LogP contribution >= 0.6 is 0 Å². The predicted octanol–water partition coefficient (Wildman–Crippen LogP) is 0.181. The molecule has 1 aromatic heterocycles. The largest absolute Gasteiger partial charge is 0.494 e. The van der Waals surface area contributed by atoms with E-state index in [-0.39, 0.29) is 0 Å². The second-order valence-corrected chi connectivity index (χ2v) is 5.03. The summed E-state index contributed by atoms with van der Waals surface area (Å²) in [6.07, 6.45) is 0. The Labute approximate surface area is 141 Å². The van der Waals surface area contributed by atoms with Gasteiger partial charge in [0, 0.05) is 14.1 Å². The van der Waals surface area contributed by atoms with E-state index in [9.17, 15) is 45.0 Å². The molecule has 0 bridgehead atoms. The standard InChI is InChI=1S/C12H9N5O9/c1-13-10(18)9(11(19)14(2)12(13)20)8-6(16(23)24)3-5(15(21)22)4-7(8)17(25)26/h3-4,18H,1-2H3. The van der Waals surface area contributed by atoms with Crippen LogP contribution in [0.3, 0.4) is 0 Å². The van der Waals surface area contributed by atoms with Crippen molar-refractivity contribution < 1.29 is 19.9 Å². The summed E-state index contributed by atoms with van der Waals surface area (Å²) in [6, 6.07) is 0.846. The van der Waals surface area contributed by atoms with E-state index in [1.807, 2.05) is 0 Å². The van der Waals surface area contributed by atoms with E-state index in [1.54, 1.807) is 0 Å². The third-order valence-corrected chi connectivity index (χ3v) is 3.57. The summed E-state index contributed by atoms with van der Waals surface area (Å²) in [5.41, 5.74) is -7.31. The Hall–Kier alpha value is -4.10. The summed E-state index contributed by atoms with van der Waals surface area (Å²) in [7, 11) is 2.03. The highest BCUT2D eigenvalue weighted by Gasteiger charge is 2.35. The summed E-state index contributed by atoms with van der Waals surface area (Å²) >= 11 is 0. The average Bonchev–Trinajstić information content (AvgIpc) is 2.57. The van der Waals surface area contributed by atoms with Crippen molar-refractivity contribution >= 4 is 17.1 Å². The van der Waals surface area contributed by atoms with Gasteiger partial charge in [-0.05, 0) is 0 Å². The van der Waals surface area contributed by atoms with Gasteiger partial charge < -0.3 is 5.11 Å². The summed E-state index contributed by atoms with van der Waals surface area (Å²) < 4.78 is 1.02. The molecule has 0 atom stereocenters. The minimum Gasteiger partial charge on any atom is -0.494 e. The zero-order valence-corrected chi connectivity index (χ0v) is 13.1. The van der Waals surface area contributed by atoms with Crippen molar-refractivity contribution in [3.63, 3.8) is 0 Å². The molecule has 0 aliphatic heterocycles. The van der Waals surface area contributed by atoms with Crippen LogP contribution in [0.5, 0.6) is 5.88 Å². The lowest BCUT2D eigenvalue weighted by molar-refractivity contribution is -0.402. The van der Waals surface area contributed by atoms with Crippen LogP contribution in [0.4, 0.5) is 17.1 Å². The van der Waals surface area contributed by atoms with E-state index in [1.165, 1.54) is 0 Å². The molecule has 0 spiro atoms. The number of benzene rings is 1. The first-order valence-corrected chi connectivity index (χ1v) is 6.59. The highest BCUT2D eigenvalue weighted by Crippen LogP contribution is 2.42. The van der Waals surface area contributed by atoms with Gasteiger partial charge in [0.15, 0.2) is 0 Å². The lowest BCUT2D eigenvalue weighted by atomic mass is 10.0. The third kappa shape index (κ3) is 2.64. The number of rotatable bonds is 4. The maximum absolute atomic E-state index is 12.3. The molecular weight excluding hydrogens is 358 g/mol. The molecule has 0 fully saturated rings. The van der Waals surface area contributed by atoms with Crippen LogP contribution < -0.4 is 11.2 Å². The van der Waals surface area contributed by atoms with Gasteiger partial charge in [0.1, 0.15) is 11.1 Å². The number of nitro groups is 3. The Balaban J connectivity index is 3.16. The molecule has 14 heteroatoms. The maximum atomic E-state index is 12.3. The molecule has 26 heavy (non-hydrogen) atoms. The molecule has 0 aliphatic carbocycles. The van der Waals surface area contributed by atoms with Gasteiger partial charge in [-0.2, -0.15) is 0 Å². The first kappa shape index (κ1) is 18.2. The zero-order chi connectivity index (χ0) is 19.9. The van der Waals surface area contributed by atoms with Crippen LogP contribution in [-0.2, 0) is 14.1 Å². The number of non-ortho nitro benzene ring substituents is 1. The van der Waals surface area contributed by atoms with E-state index >= 15 is 0 Å². The van der Waals surface area contributed by atoms with Gasteiger partial charge >= 0.3 is 5.69 Å². The smallest absolute Gasteiger partial charge is 0.333 e. The normalized spacial score (nSPS) is 10.5. The second-order valence-electron chi connectivity index (χ2n) is 5.03. The molecule has 0 radical (unpaired) electrons. The van der Waals surface area contributed by atoms with Crippen molar-refractivity contribution in [2.24, 2.45) is 14.1 Å². The number of aromatic hydroxyl groups is 1. The molecule has 1 heterocycles. The molecule has 2 rings (SSSR count). The summed E-state index contributed by atoms with van der Waals surface area (Å²) in [5.74, 6) is -1.06. The van der Waals surface area contributed by atoms with Crippen LogP contribution in [-0.4, -0.2) is 29.0 Å². The molecule has 0 amide bonds. The number of nitro benzene ring substituents is 3. The number of aromatic nitrogens is 2. The Morgan fingerprint density at radius 2 is 1.31 bits per heavy atom. The van der Waals surface area contributed by atoms with Crippen molar-refractivity contribution in [1.29, 1.82) is 0 Å². The minimum atomic E-state index is -1.24. The first-order valence-electron chi connectivity index (χ1n) is 6.59. The van der Waals surface area contributed by atoms with E-state index in [0.29, 0.717) is 21.3 Å². The van der Waals surface area contributed by atoms with Crippen molar-refractivity contribution in [3.05, 3.63) is 63.3 Å². The van der Waals surface area contributed by atoms with E-state index in [2.05, 4.69) is 0 Å². The molecule has 1 N–H and O–H groups in total. The highest BCUT2D eigenvalue weighted by molar-refractivity contribution is 5.86. The summed E-state index contributed by atoms with van der Waals surface area (Å²) in [4.78, 5) is 54.2. The lowest BCUT2D eigenvalue weighted by Gasteiger charge is -2.11. The van der Waals surface area contributed by atoms with Crippen molar-refractivity contribution in [1.82, 2.24) is 9.13 Å². The molecule has 0 saturated heterocycles. The van der Waals surface area contributed by atoms with Crippen LogP contribution in [0.2, 0.25) is 0 Å². The molecule has 136 valence electrons. The van der Waals surface area contributed by atoms with Gasteiger partial charge in [0.2, 0.25) is 5.88 Å². The molecule has 0 unspecified atom stereocenters. The predicted molar refractivity (Wildman–Crippen MR) is 84.0 cm³/mol. The molecule has 1 aromatic carbocycles. The van der Waals surface area contributed by atoms with Crippen molar-refractivity contribution in [2.75, 3.05) is 0 Å². The SMILES string of the molecule is Cn1c(O)c(-c2c([N+](=O)[O-])cc([N+](=O)[O-])cc2[N+](=O)[O-])c(=O)n(C)c1=O. The van der Waals surface area contributed by atoms with Crippen LogP contribution in [0.15, 0.2) is 21.7 Å². The van der Waals surface area contributed by atoms with Gasteiger partial charge in [0.05, 0.1) is 26.9 Å². The van der Waals surface area contributed by atoms with E-state index < -0.39 is 60.1 Å². The van der Waals surface area contributed by atoms with Crippen LogP contribution in [0.1, 0.15) is 0 Å². The van der Waals surface area contributed by atoms with Gasteiger partial charge in [-0.3, -0.25) is 44.3 Å². The maximum Gasteiger partial charge on any atom is 0.333 e. The van der Waals surface area contributed by atoms with Crippen molar-refractivity contribution in [3.8, 4) is 17.0 Å². The Kier molecular flexibility index (Phi) is 4.26. The number of hydrogen-bond donors (Lipinski definition) is 1. The average molecular weight is 367 g/mol. The van der Waals surface area contributed by atoms with Gasteiger partial charge in [0.25, 0.3) is 22.6 Å². The molecule has 0 saturated carbocycles. The Bertz CT molecular complexity index is 1060. The second kappa shape index (κ2) is 6.08. The van der Waals surface area contributed by atoms with Gasteiger partial charge in [-0.15, -0.1) is 0 Å². The monoisotopic (exact) mass is 367 g/mol. The molecule has 2 aromatic rings. The molecule has 0 aliphatic rings. The Morgan fingerprint density at radius 3 is 1.69 bits per heavy atom. The van der Waals surface area contributed by atoms with Gasteiger partial charge in [-0.1, -0.05) is 0 Å². The summed E-state index contributed by atoms with van der Waals surface area (Å²) in [5, 5.41) is 43.6. The number of hydrogen-bond acceptors (Lipinski definition) is 9. The summed E-state index contributed by atoms with van der Waals surface area (Å²) in [6.45, 7) is 0. The lowest BCUT2D eigenvalue weighted by Crippen LogP contribution is -2.37. The molecule has 14 nitrogen and oxygen atoms in total. The van der Waals surface area contributed by atoms with Crippen molar-refractivity contribution in [2.45, 2.75) is 0 Å². The topological polar surface area (TPSA) is 194 Å². The van der Waals surface area contributed by atoms with Crippen LogP contribution in [0.25, 0.3) is 11.1 Å². The van der Waals surface area contributed by atoms with E-state index in [0.717, 1.165) is 14.1 Å². The number of nitrogens with zero attached hydrogens (tertiary/aromatic N) is 5. The fourth-order valence-corrected chi connectivity index (χ4v) is 2.30. The first-order chi connectivity index (χ1) is 12.0. The third-order valence-electron chi connectivity index (χ3n) is 3.57. The van der Waals surface area contributed by atoms with E-state index in [4.69, 9.17) is 0 Å². The Morgan fingerprint density at radius 1 is 0.846 bits per heavy atom. The fourth-order valence-electron chi connectivity index (χ4n) is 2.30. The highest BCUT2D eigenvalue weighted by atomic mass is 16.6. The fraction of sp³-hybridized carbons (Fsp3) is 0.167. The minimum absolute atomic E-state index is 0.423. The molecular formula is C12H9N5O9. The van der Waals surface area contributed by atoms with Crippen LogP contribution in [0, 0.1) is 30.3 Å². The van der Waals surface area contributed by atoms with Gasteiger partial charge in [-0.25, -0.2) is 4.79 Å². The zero-order valence-electron chi connectivity index (χ0n) is 13.1. The quantitative estimate of drug-likeness (QED) is 0.579.